The van der Waals surface area contributed by atoms with Gasteiger partial charge >= 0.3 is 0 Å². The quantitative estimate of drug-likeness (QED) is 0.611. The molecule has 2 nitrogen and oxygen atoms in total. The molecular formula is C10H22N2. The molecule has 72 valence electrons. The zero-order valence-electron chi connectivity index (χ0n) is 8.23. The Labute approximate surface area is 76.1 Å². The van der Waals surface area contributed by atoms with Gasteiger partial charge in [-0.2, -0.15) is 0 Å². The van der Waals surface area contributed by atoms with Crippen molar-refractivity contribution >= 4 is 0 Å². The number of hydrogen-bond donors (Lipinski definition) is 2. The fourth-order valence-electron chi connectivity index (χ4n) is 1.82. The van der Waals surface area contributed by atoms with Crippen molar-refractivity contribution in [1.29, 1.82) is 0 Å². The first-order valence-corrected chi connectivity index (χ1v) is 5.37. The summed E-state index contributed by atoms with van der Waals surface area (Å²) in [6.07, 6.45) is 6.88. The van der Waals surface area contributed by atoms with E-state index in [0.29, 0.717) is 0 Å². The van der Waals surface area contributed by atoms with E-state index < -0.39 is 0 Å². The maximum atomic E-state index is 3.57. The van der Waals surface area contributed by atoms with Crippen molar-refractivity contribution < 1.29 is 0 Å². The average molecular weight is 170 g/mol. The summed E-state index contributed by atoms with van der Waals surface area (Å²) in [6.45, 7) is 5.71. The van der Waals surface area contributed by atoms with E-state index >= 15 is 0 Å². The van der Waals surface area contributed by atoms with Crippen LogP contribution in [0.1, 0.15) is 39.0 Å². The van der Waals surface area contributed by atoms with Crippen molar-refractivity contribution in [1.82, 2.24) is 10.6 Å². The highest BCUT2D eigenvalue weighted by molar-refractivity contribution is 4.71. The van der Waals surface area contributed by atoms with Gasteiger partial charge < -0.3 is 10.6 Å². The van der Waals surface area contributed by atoms with Crippen LogP contribution in [0.3, 0.4) is 0 Å². The zero-order chi connectivity index (χ0) is 8.65. The fraction of sp³-hybridized carbons (Fsp3) is 1.00. The normalized spacial score (nSPS) is 24.2. The maximum Gasteiger partial charge on any atom is 0.00675 e. The van der Waals surface area contributed by atoms with Gasteiger partial charge in [-0.1, -0.05) is 13.3 Å². The van der Waals surface area contributed by atoms with Crippen LogP contribution in [0.4, 0.5) is 0 Å². The van der Waals surface area contributed by atoms with Crippen LogP contribution in [0.25, 0.3) is 0 Å². The summed E-state index contributed by atoms with van der Waals surface area (Å²) < 4.78 is 0. The molecule has 2 heteroatoms. The lowest BCUT2D eigenvalue weighted by atomic mass is 10.0. The molecule has 0 aromatic rings. The van der Waals surface area contributed by atoms with Crippen molar-refractivity contribution in [3.05, 3.63) is 0 Å². The summed E-state index contributed by atoms with van der Waals surface area (Å²) in [5.74, 6) is 0. The molecule has 0 aromatic carbocycles. The van der Waals surface area contributed by atoms with E-state index in [1.165, 1.54) is 45.2 Å². The summed E-state index contributed by atoms with van der Waals surface area (Å²) in [5.41, 5.74) is 0. The van der Waals surface area contributed by atoms with Gasteiger partial charge in [0.25, 0.3) is 0 Å². The van der Waals surface area contributed by atoms with Gasteiger partial charge in [0.05, 0.1) is 0 Å². The van der Waals surface area contributed by atoms with E-state index in [1.54, 1.807) is 0 Å². The molecule has 2 N–H and O–H groups in total. The van der Waals surface area contributed by atoms with E-state index in [4.69, 9.17) is 0 Å². The van der Waals surface area contributed by atoms with Crippen molar-refractivity contribution in [2.24, 2.45) is 0 Å². The van der Waals surface area contributed by atoms with Crippen LogP contribution in [0, 0.1) is 0 Å². The fourth-order valence-corrected chi connectivity index (χ4v) is 1.82. The second kappa shape index (κ2) is 6.44. The lowest BCUT2D eigenvalue weighted by molar-refractivity contribution is 0.373. The molecule has 0 amide bonds. The maximum absolute atomic E-state index is 3.57. The van der Waals surface area contributed by atoms with Gasteiger partial charge in [0, 0.05) is 6.04 Å². The summed E-state index contributed by atoms with van der Waals surface area (Å²) in [5, 5.41) is 6.93. The molecule has 1 aliphatic heterocycles. The summed E-state index contributed by atoms with van der Waals surface area (Å²) in [4.78, 5) is 0. The SMILES string of the molecule is CCNCCC[C@@H]1CCCCN1. The summed E-state index contributed by atoms with van der Waals surface area (Å²) in [7, 11) is 0. The summed E-state index contributed by atoms with van der Waals surface area (Å²) in [6, 6.07) is 0.817. The second-order valence-corrected chi connectivity index (χ2v) is 3.64. The molecule has 12 heavy (non-hydrogen) atoms. The second-order valence-electron chi connectivity index (χ2n) is 3.64. The number of hydrogen-bond acceptors (Lipinski definition) is 2. The first kappa shape index (κ1) is 10.0. The van der Waals surface area contributed by atoms with E-state index in [1.807, 2.05) is 0 Å². The molecule has 0 saturated carbocycles. The predicted octanol–water partition coefficient (Wildman–Crippen LogP) is 1.52. The van der Waals surface area contributed by atoms with E-state index in [-0.39, 0.29) is 0 Å². The average Bonchev–Trinajstić information content (AvgIpc) is 2.14. The molecule has 0 aromatic heterocycles. The van der Waals surface area contributed by atoms with Gasteiger partial charge in [-0.05, 0) is 45.3 Å². The molecule has 0 bridgehead atoms. The molecule has 1 aliphatic rings. The molecule has 0 unspecified atom stereocenters. The zero-order valence-corrected chi connectivity index (χ0v) is 8.23. The topological polar surface area (TPSA) is 24.1 Å². The Bertz CT molecular complexity index is 98.0. The Morgan fingerprint density at radius 3 is 3.00 bits per heavy atom. The minimum absolute atomic E-state index is 0.817. The standard InChI is InChI=1S/C10H22N2/c1-2-11-8-5-7-10-6-3-4-9-12-10/h10-12H,2-9H2,1H3/t10-/m0/s1. The lowest BCUT2D eigenvalue weighted by Gasteiger charge is -2.23. The molecule has 0 aliphatic carbocycles. The Hall–Kier alpha value is -0.0800. The number of nitrogens with one attached hydrogen (secondary N) is 2. The van der Waals surface area contributed by atoms with Crippen LogP contribution >= 0.6 is 0 Å². The van der Waals surface area contributed by atoms with Crippen molar-refractivity contribution in [3.8, 4) is 0 Å². The minimum atomic E-state index is 0.817. The van der Waals surface area contributed by atoms with E-state index in [0.717, 1.165) is 12.6 Å². The van der Waals surface area contributed by atoms with Crippen molar-refractivity contribution in [2.75, 3.05) is 19.6 Å². The van der Waals surface area contributed by atoms with Crippen LogP contribution in [-0.4, -0.2) is 25.7 Å². The van der Waals surface area contributed by atoms with Crippen LogP contribution in [0.15, 0.2) is 0 Å². The molecule has 1 heterocycles. The Kier molecular flexibility index (Phi) is 5.37. The van der Waals surface area contributed by atoms with Crippen LogP contribution in [-0.2, 0) is 0 Å². The Balaban J connectivity index is 1.91. The molecule has 0 spiro atoms. The third kappa shape index (κ3) is 4.07. The van der Waals surface area contributed by atoms with Gasteiger partial charge in [0.1, 0.15) is 0 Å². The molecule has 1 fully saturated rings. The number of rotatable bonds is 5. The van der Waals surface area contributed by atoms with Crippen LogP contribution in [0.5, 0.6) is 0 Å². The van der Waals surface area contributed by atoms with Crippen molar-refractivity contribution in [3.63, 3.8) is 0 Å². The van der Waals surface area contributed by atoms with Gasteiger partial charge in [-0.3, -0.25) is 0 Å². The van der Waals surface area contributed by atoms with Gasteiger partial charge in [-0.15, -0.1) is 0 Å². The monoisotopic (exact) mass is 170 g/mol. The molecule has 1 atom stereocenters. The predicted molar refractivity (Wildman–Crippen MR) is 53.4 cm³/mol. The smallest absolute Gasteiger partial charge is 0.00675 e. The Morgan fingerprint density at radius 1 is 1.42 bits per heavy atom. The van der Waals surface area contributed by atoms with Crippen LogP contribution in [0.2, 0.25) is 0 Å². The van der Waals surface area contributed by atoms with Crippen LogP contribution < -0.4 is 10.6 Å². The molecule has 0 radical (unpaired) electrons. The lowest BCUT2D eigenvalue weighted by Crippen LogP contribution is -2.34. The third-order valence-corrected chi connectivity index (χ3v) is 2.57. The third-order valence-electron chi connectivity index (χ3n) is 2.57. The molecule has 1 rings (SSSR count). The summed E-state index contributed by atoms with van der Waals surface area (Å²) >= 11 is 0. The largest absolute Gasteiger partial charge is 0.317 e. The highest BCUT2D eigenvalue weighted by atomic mass is 14.9. The van der Waals surface area contributed by atoms with Gasteiger partial charge in [-0.25, -0.2) is 0 Å². The minimum Gasteiger partial charge on any atom is -0.317 e. The highest BCUT2D eigenvalue weighted by Crippen LogP contribution is 2.10. The van der Waals surface area contributed by atoms with Gasteiger partial charge in [0.15, 0.2) is 0 Å². The Morgan fingerprint density at radius 2 is 2.33 bits per heavy atom. The first-order valence-electron chi connectivity index (χ1n) is 5.37. The van der Waals surface area contributed by atoms with E-state index in [2.05, 4.69) is 17.6 Å². The molecule has 1 saturated heterocycles. The van der Waals surface area contributed by atoms with Gasteiger partial charge in [0.2, 0.25) is 0 Å². The van der Waals surface area contributed by atoms with Crippen molar-refractivity contribution in [2.45, 2.75) is 45.1 Å². The van der Waals surface area contributed by atoms with E-state index in [9.17, 15) is 0 Å². The number of piperidine rings is 1. The highest BCUT2D eigenvalue weighted by Gasteiger charge is 2.10. The first-order chi connectivity index (χ1) is 5.93. The molecular weight excluding hydrogens is 148 g/mol.